The van der Waals surface area contributed by atoms with Gasteiger partial charge in [0, 0.05) is 23.3 Å². The molecule has 2 aromatic rings. The Labute approximate surface area is 114 Å². The van der Waals surface area contributed by atoms with E-state index >= 15 is 0 Å². The number of benzene rings is 1. The van der Waals surface area contributed by atoms with Gasteiger partial charge in [-0.1, -0.05) is 22.0 Å². The molecule has 0 fully saturated rings. The zero-order chi connectivity index (χ0) is 13.1. The number of anilines is 1. The van der Waals surface area contributed by atoms with Gasteiger partial charge < -0.3 is 5.32 Å². The summed E-state index contributed by atoms with van der Waals surface area (Å²) in [6.45, 7) is 4.91. The van der Waals surface area contributed by atoms with Gasteiger partial charge >= 0.3 is 0 Å². The van der Waals surface area contributed by atoms with Crippen LogP contribution in [0.3, 0.4) is 0 Å². The molecule has 5 heteroatoms. The monoisotopic (exact) mass is 311 g/mol. The Morgan fingerprint density at radius 3 is 2.89 bits per heavy atom. The minimum atomic E-state index is -0.239. The molecule has 96 valence electrons. The van der Waals surface area contributed by atoms with Gasteiger partial charge in [0.05, 0.1) is 11.9 Å². The van der Waals surface area contributed by atoms with Crippen molar-refractivity contribution < 1.29 is 4.39 Å². The fourth-order valence-corrected chi connectivity index (χ4v) is 2.49. The average Bonchev–Trinajstić information content (AvgIpc) is 2.76. The van der Waals surface area contributed by atoms with Crippen molar-refractivity contribution in [1.82, 2.24) is 9.78 Å². The van der Waals surface area contributed by atoms with E-state index in [-0.39, 0.29) is 11.9 Å². The molecule has 0 aliphatic rings. The molecule has 1 heterocycles. The first-order valence-electron chi connectivity index (χ1n) is 5.84. The summed E-state index contributed by atoms with van der Waals surface area (Å²) in [4.78, 5) is 0. The zero-order valence-corrected chi connectivity index (χ0v) is 11.9. The Hall–Kier alpha value is -1.36. The highest BCUT2D eigenvalue weighted by Crippen LogP contribution is 2.26. The maximum absolute atomic E-state index is 13.0. The van der Waals surface area contributed by atoms with E-state index in [2.05, 4.69) is 26.3 Å². The second-order valence-electron chi connectivity index (χ2n) is 4.12. The van der Waals surface area contributed by atoms with Crippen molar-refractivity contribution in [2.45, 2.75) is 26.4 Å². The van der Waals surface area contributed by atoms with Crippen LogP contribution < -0.4 is 5.32 Å². The molecule has 0 amide bonds. The number of hydrogen-bond donors (Lipinski definition) is 1. The van der Waals surface area contributed by atoms with Crippen molar-refractivity contribution in [3.05, 3.63) is 46.4 Å². The predicted molar refractivity (Wildman–Crippen MR) is 74.0 cm³/mol. The minimum Gasteiger partial charge on any atom is -0.376 e. The lowest BCUT2D eigenvalue weighted by atomic mass is 10.1. The van der Waals surface area contributed by atoms with Crippen molar-refractivity contribution in [2.75, 3.05) is 5.32 Å². The van der Waals surface area contributed by atoms with Gasteiger partial charge in [-0.05, 0) is 31.5 Å². The first kappa shape index (κ1) is 13.1. The molecule has 1 atom stereocenters. The second kappa shape index (κ2) is 5.52. The van der Waals surface area contributed by atoms with Crippen LogP contribution in [0, 0.1) is 5.82 Å². The van der Waals surface area contributed by atoms with Crippen molar-refractivity contribution in [3.8, 4) is 0 Å². The number of rotatable bonds is 4. The summed E-state index contributed by atoms with van der Waals surface area (Å²) in [5, 5.41) is 7.54. The van der Waals surface area contributed by atoms with E-state index in [1.165, 1.54) is 12.1 Å². The van der Waals surface area contributed by atoms with Crippen LogP contribution in [-0.4, -0.2) is 9.78 Å². The molecular weight excluding hydrogens is 297 g/mol. The van der Waals surface area contributed by atoms with Gasteiger partial charge in [-0.15, -0.1) is 0 Å². The van der Waals surface area contributed by atoms with Crippen LogP contribution >= 0.6 is 15.9 Å². The van der Waals surface area contributed by atoms with E-state index in [1.807, 2.05) is 24.7 Å². The summed E-state index contributed by atoms with van der Waals surface area (Å²) < 4.78 is 15.6. The van der Waals surface area contributed by atoms with E-state index in [4.69, 9.17) is 0 Å². The fourth-order valence-electron chi connectivity index (χ4n) is 1.79. The molecule has 0 radical (unpaired) electrons. The molecule has 1 N–H and O–H groups in total. The number of halogens is 2. The van der Waals surface area contributed by atoms with Crippen LogP contribution in [0.2, 0.25) is 0 Å². The molecule has 0 aliphatic carbocycles. The van der Waals surface area contributed by atoms with Gasteiger partial charge in [0.15, 0.2) is 0 Å². The maximum Gasteiger partial charge on any atom is 0.124 e. The quantitative estimate of drug-likeness (QED) is 0.925. The largest absolute Gasteiger partial charge is 0.376 e. The Morgan fingerprint density at radius 2 is 2.28 bits per heavy atom. The molecule has 0 saturated heterocycles. The molecule has 0 saturated carbocycles. The van der Waals surface area contributed by atoms with Gasteiger partial charge in [-0.3, -0.25) is 4.68 Å². The van der Waals surface area contributed by atoms with E-state index in [0.29, 0.717) is 0 Å². The SMILES string of the molecule is CCn1cc(NC(C)c2ccc(F)cc2Br)cn1. The Morgan fingerprint density at radius 1 is 1.50 bits per heavy atom. The highest BCUT2D eigenvalue weighted by Gasteiger charge is 2.10. The highest BCUT2D eigenvalue weighted by atomic mass is 79.9. The molecule has 1 unspecified atom stereocenters. The summed E-state index contributed by atoms with van der Waals surface area (Å²) in [5.41, 5.74) is 1.97. The van der Waals surface area contributed by atoms with Crippen molar-refractivity contribution >= 4 is 21.6 Å². The highest BCUT2D eigenvalue weighted by molar-refractivity contribution is 9.10. The lowest BCUT2D eigenvalue weighted by molar-refractivity contribution is 0.625. The second-order valence-corrected chi connectivity index (χ2v) is 4.97. The van der Waals surface area contributed by atoms with Crippen molar-refractivity contribution in [3.63, 3.8) is 0 Å². The third-order valence-corrected chi connectivity index (χ3v) is 3.46. The fraction of sp³-hybridized carbons (Fsp3) is 0.308. The molecule has 3 nitrogen and oxygen atoms in total. The normalized spacial score (nSPS) is 12.4. The summed E-state index contributed by atoms with van der Waals surface area (Å²) in [6.07, 6.45) is 3.74. The number of aryl methyl sites for hydroxylation is 1. The van der Waals surface area contributed by atoms with Gasteiger partial charge in [-0.25, -0.2) is 4.39 Å². The number of nitrogens with zero attached hydrogens (tertiary/aromatic N) is 2. The van der Waals surface area contributed by atoms with Crippen molar-refractivity contribution in [2.24, 2.45) is 0 Å². The molecule has 0 aliphatic heterocycles. The lowest BCUT2D eigenvalue weighted by Crippen LogP contribution is -2.07. The molecular formula is C13H15BrFN3. The summed E-state index contributed by atoms with van der Waals surface area (Å²) in [7, 11) is 0. The first-order valence-corrected chi connectivity index (χ1v) is 6.63. The van der Waals surface area contributed by atoms with Crippen LogP contribution in [-0.2, 0) is 6.54 Å². The first-order chi connectivity index (χ1) is 8.60. The van der Waals surface area contributed by atoms with Crippen LogP contribution in [0.25, 0.3) is 0 Å². The average molecular weight is 312 g/mol. The lowest BCUT2D eigenvalue weighted by Gasteiger charge is -2.15. The maximum atomic E-state index is 13.0. The number of nitrogens with one attached hydrogen (secondary N) is 1. The molecule has 18 heavy (non-hydrogen) atoms. The van der Waals surface area contributed by atoms with Gasteiger partial charge in [0.1, 0.15) is 5.82 Å². The molecule has 0 spiro atoms. The Bertz CT molecular complexity index is 539. The molecule has 1 aromatic carbocycles. The number of aromatic nitrogens is 2. The van der Waals surface area contributed by atoms with Crippen LogP contribution in [0.4, 0.5) is 10.1 Å². The summed E-state index contributed by atoms with van der Waals surface area (Å²) in [6, 6.07) is 4.80. The molecule has 2 rings (SSSR count). The topological polar surface area (TPSA) is 29.9 Å². The Kier molecular flexibility index (Phi) is 4.01. The van der Waals surface area contributed by atoms with Gasteiger partial charge in [0.25, 0.3) is 0 Å². The predicted octanol–water partition coefficient (Wildman–Crippen LogP) is 3.98. The zero-order valence-electron chi connectivity index (χ0n) is 10.3. The van der Waals surface area contributed by atoms with Gasteiger partial charge in [0.2, 0.25) is 0 Å². The van der Waals surface area contributed by atoms with Gasteiger partial charge in [-0.2, -0.15) is 5.10 Å². The van der Waals surface area contributed by atoms with Crippen LogP contribution in [0.1, 0.15) is 25.5 Å². The third kappa shape index (κ3) is 2.90. The third-order valence-electron chi connectivity index (χ3n) is 2.77. The number of hydrogen-bond acceptors (Lipinski definition) is 2. The Balaban J connectivity index is 2.13. The van der Waals surface area contributed by atoms with Crippen molar-refractivity contribution in [1.29, 1.82) is 0 Å². The summed E-state index contributed by atoms with van der Waals surface area (Å²) in [5.74, 6) is -0.239. The van der Waals surface area contributed by atoms with E-state index in [1.54, 1.807) is 12.3 Å². The van der Waals surface area contributed by atoms with Crippen LogP contribution in [0.15, 0.2) is 35.1 Å². The minimum absolute atomic E-state index is 0.0782. The smallest absolute Gasteiger partial charge is 0.124 e. The van der Waals surface area contributed by atoms with E-state index in [0.717, 1.165) is 22.3 Å². The van der Waals surface area contributed by atoms with Crippen LogP contribution in [0.5, 0.6) is 0 Å². The van der Waals surface area contributed by atoms with E-state index < -0.39 is 0 Å². The van der Waals surface area contributed by atoms with E-state index in [9.17, 15) is 4.39 Å². The molecule has 1 aromatic heterocycles. The standard InChI is InChI=1S/C13H15BrFN3/c1-3-18-8-11(7-16-18)17-9(2)12-5-4-10(15)6-13(12)14/h4-9,17H,3H2,1-2H3. The summed E-state index contributed by atoms with van der Waals surface area (Å²) >= 11 is 3.38. The molecule has 0 bridgehead atoms.